The fourth-order valence-electron chi connectivity index (χ4n) is 1.23. The molecule has 0 aliphatic heterocycles. The Morgan fingerprint density at radius 1 is 1.29 bits per heavy atom. The lowest BCUT2D eigenvalue weighted by Gasteiger charge is -2.11. The van der Waals surface area contributed by atoms with Gasteiger partial charge in [0, 0.05) is 11.3 Å². The van der Waals surface area contributed by atoms with Gasteiger partial charge in [-0.05, 0) is 24.6 Å². The lowest BCUT2D eigenvalue weighted by molar-refractivity contribution is -0.167. The number of carbonyl (C=O) groups is 2. The molecule has 1 rings (SSSR count). The Morgan fingerprint density at radius 3 is 2.35 bits per heavy atom. The Balaban J connectivity index is 3.05. The summed E-state index contributed by atoms with van der Waals surface area (Å²) < 4.78 is 36.1. The quantitative estimate of drug-likeness (QED) is 0.831. The molecule has 0 atom stereocenters. The first-order valence-electron chi connectivity index (χ1n) is 4.51. The van der Waals surface area contributed by atoms with E-state index in [1.54, 1.807) is 5.32 Å². The molecule has 4 nitrogen and oxygen atoms in total. The SMILES string of the molecule is Cc1c(NC(=O)C(F)(F)F)cccc1C(N)=O. The zero-order valence-corrected chi connectivity index (χ0v) is 8.76. The summed E-state index contributed by atoms with van der Waals surface area (Å²) in [6, 6.07) is 3.95. The van der Waals surface area contributed by atoms with E-state index in [4.69, 9.17) is 5.73 Å². The van der Waals surface area contributed by atoms with E-state index in [0.29, 0.717) is 0 Å². The van der Waals surface area contributed by atoms with Crippen LogP contribution in [0.25, 0.3) is 0 Å². The first kappa shape index (κ1) is 13.0. The number of nitrogens with two attached hydrogens (primary N) is 1. The minimum atomic E-state index is -4.98. The monoisotopic (exact) mass is 246 g/mol. The average molecular weight is 246 g/mol. The number of nitrogens with one attached hydrogen (secondary N) is 1. The van der Waals surface area contributed by atoms with Crippen LogP contribution in [0.3, 0.4) is 0 Å². The Kier molecular flexibility index (Phi) is 3.40. The van der Waals surface area contributed by atoms with Crippen LogP contribution in [-0.2, 0) is 4.79 Å². The van der Waals surface area contributed by atoms with E-state index in [0.717, 1.165) is 0 Å². The highest BCUT2D eigenvalue weighted by Crippen LogP contribution is 2.22. The third kappa shape index (κ3) is 2.96. The van der Waals surface area contributed by atoms with Gasteiger partial charge in [-0.2, -0.15) is 13.2 Å². The molecule has 0 saturated carbocycles. The lowest BCUT2D eigenvalue weighted by Crippen LogP contribution is -2.30. The molecule has 0 fully saturated rings. The van der Waals surface area contributed by atoms with E-state index in [9.17, 15) is 22.8 Å². The summed E-state index contributed by atoms with van der Waals surface area (Å²) in [5.74, 6) is -2.87. The lowest BCUT2D eigenvalue weighted by atomic mass is 10.1. The number of amides is 2. The minimum absolute atomic E-state index is 0.0602. The summed E-state index contributed by atoms with van der Waals surface area (Å²) in [5, 5.41) is 1.67. The van der Waals surface area contributed by atoms with Gasteiger partial charge < -0.3 is 11.1 Å². The van der Waals surface area contributed by atoms with Crippen molar-refractivity contribution in [3.8, 4) is 0 Å². The second-order valence-corrected chi connectivity index (χ2v) is 3.29. The zero-order valence-electron chi connectivity index (χ0n) is 8.76. The summed E-state index contributed by atoms with van der Waals surface area (Å²) in [4.78, 5) is 21.7. The Morgan fingerprint density at radius 2 is 1.88 bits per heavy atom. The molecule has 17 heavy (non-hydrogen) atoms. The van der Waals surface area contributed by atoms with E-state index in [2.05, 4.69) is 0 Å². The highest BCUT2D eigenvalue weighted by molar-refractivity contribution is 5.99. The van der Waals surface area contributed by atoms with Crippen molar-refractivity contribution >= 4 is 17.5 Å². The van der Waals surface area contributed by atoms with Gasteiger partial charge in [-0.3, -0.25) is 9.59 Å². The molecule has 3 N–H and O–H groups in total. The van der Waals surface area contributed by atoms with Gasteiger partial charge in [-0.1, -0.05) is 6.07 Å². The fraction of sp³-hybridized carbons (Fsp3) is 0.200. The number of benzene rings is 1. The molecule has 2 amide bonds. The number of primary amides is 1. The molecule has 0 aromatic heterocycles. The predicted molar refractivity (Wildman–Crippen MR) is 54.4 cm³/mol. The maximum absolute atomic E-state index is 12.0. The molecule has 0 saturated heterocycles. The second-order valence-electron chi connectivity index (χ2n) is 3.29. The smallest absolute Gasteiger partial charge is 0.366 e. The Bertz CT molecular complexity index is 469. The van der Waals surface area contributed by atoms with Gasteiger partial charge in [0.15, 0.2) is 0 Å². The van der Waals surface area contributed by atoms with Crippen molar-refractivity contribution in [2.45, 2.75) is 13.1 Å². The van der Waals surface area contributed by atoms with Crippen LogP contribution in [0.4, 0.5) is 18.9 Å². The number of anilines is 1. The van der Waals surface area contributed by atoms with Gasteiger partial charge in [0.05, 0.1) is 0 Å². The van der Waals surface area contributed by atoms with Crippen molar-refractivity contribution < 1.29 is 22.8 Å². The van der Waals surface area contributed by atoms with E-state index < -0.39 is 18.0 Å². The molecule has 0 spiro atoms. The van der Waals surface area contributed by atoms with Crippen LogP contribution in [0.2, 0.25) is 0 Å². The summed E-state index contributed by atoms with van der Waals surface area (Å²) in [6.45, 7) is 1.39. The maximum atomic E-state index is 12.0. The highest BCUT2D eigenvalue weighted by Gasteiger charge is 2.38. The summed E-state index contributed by atoms with van der Waals surface area (Å²) in [5.41, 5.74) is 5.18. The maximum Gasteiger partial charge on any atom is 0.471 e. The number of rotatable bonds is 2. The first-order chi connectivity index (χ1) is 7.73. The van der Waals surface area contributed by atoms with Crippen molar-refractivity contribution in [3.63, 3.8) is 0 Å². The molecular weight excluding hydrogens is 237 g/mol. The molecule has 0 aliphatic carbocycles. The van der Waals surface area contributed by atoms with Crippen LogP contribution < -0.4 is 11.1 Å². The van der Waals surface area contributed by atoms with Gasteiger partial charge in [-0.15, -0.1) is 0 Å². The van der Waals surface area contributed by atoms with E-state index >= 15 is 0 Å². The van der Waals surface area contributed by atoms with Crippen LogP contribution in [0.1, 0.15) is 15.9 Å². The molecule has 92 valence electrons. The molecular formula is C10H9F3N2O2. The van der Waals surface area contributed by atoms with Crippen LogP contribution in [0.15, 0.2) is 18.2 Å². The minimum Gasteiger partial charge on any atom is -0.366 e. The zero-order chi connectivity index (χ0) is 13.2. The third-order valence-electron chi connectivity index (χ3n) is 2.10. The van der Waals surface area contributed by atoms with Gasteiger partial charge in [-0.25, -0.2) is 0 Å². The van der Waals surface area contributed by atoms with Crippen molar-refractivity contribution in [1.29, 1.82) is 0 Å². The molecule has 1 aromatic rings. The van der Waals surface area contributed by atoms with Gasteiger partial charge in [0.1, 0.15) is 0 Å². The summed E-state index contributed by atoms with van der Waals surface area (Å²) >= 11 is 0. The standard InChI is InChI=1S/C10H9F3N2O2/c1-5-6(8(14)16)3-2-4-7(5)15-9(17)10(11,12)13/h2-4H,1H3,(H2,14,16)(H,15,17). The van der Waals surface area contributed by atoms with Crippen molar-refractivity contribution in [2.24, 2.45) is 5.73 Å². The largest absolute Gasteiger partial charge is 0.471 e. The highest BCUT2D eigenvalue weighted by atomic mass is 19.4. The Labute approximate surface area is 94.6 Å². The van der Waals surface area contributed by atoms with E-state index in [1.165, 1.54) is 25.1 Å². The number of alkyl halides is 3. The summed E-state index contributed by atoms with van der Waals surface area (Å²) in [7, 11) is 0. The van der Waals surface area contributed by atoms with E-state index in [-0.39, 0.29) is 16.8 Å². The summed E-state index contributed by atoms with van der Waals surface area (Å²) in [6.07, 6.45) is -4.98. The van der Waals surface area contributed by atoms with Crippen LogP contribution >= 0.6 is 0 Å². The van der Waals surface area contributed by atoms with Crippen LogP contribution in [0, 0.1) is 6.92 Å². The number of hydrogen-bond acceptors (Lipinski definition) is 2. The van der Waals surface area contributed by atoms with Crippen molar-refractivity contribution in [3.05, 3.63) is 29.3 Å². The number of hydrogen-bond donors (Lipinski definition) is 2. The van der Waals surface area contributed by atoms with Gasteiger partial charge in [0.25, 0.3) is 0 Å². The predicted octanol–water partition coefficient (Wildman–Crippen LogP) is 1.59. The van der Waals surface area contributed by atoms with Crippen LogP contribution in [0.5, 0.6) is 0 Å². The molecule has 7 heteroatoms. The molecule has 0 aliphatic rings. The topological polar surface area (TPSA) is 72.2 Å². The normalized spacial score (nSPS) is 11.1. The first-order valence-corrected chi connectivity index (χ1v) is 4.51. The van der Waals surface area contributed by atoms with Crippen molar-refractivity contribution in [2.75, 3.05) is 5.32 Å². The van der Waals surface area contributed by atoms with Gasteiger partial charge in [0.2, 0.25) is 5.91 Å². The number of carbonyl (C=O) groups excluding carboxylic acids is 2. The van der Waals surface area contributed by atoms with E-state index in [1.807, 2.05) is 0 Å². The molecule has 1 aromatic carbocycles. The molecule has 0 unspecified atom stereocenters. The van der Waals surface area contributed by atoms with Crippen LogP contribution in [-0.4, -0.2) is 18.0 Å². The fourth-order valence-corrected chi connectivity index (χ4v) is 1.23. The van der Waals surface area contributed by atoms with Gasteiger partial charge >= 0.3 is 12.1 Å². The van der Waals surface area contributed by atoms with Crippen molar-refractivity contribution in [1.82, 2.24) is 0 Å². The second kappa shape index (κ2) is 4.44. The molecule has 0 heterocycles. The Hall–Kier alpha value is -2.05. The average Bonchev–Trinajstić information content (AvgIpc) is 2.19. The molecule has 0 radical (unpaired) electrons. The number of halogens is 3. The molecule has 0 bridgehead atoms. The third-order valence-corrected chi connectivity index (χ3v) is 2.10.